The highest BCUT2D eigenvalue weighted by Gasteiger charge is 2.35. The maximum atomic E-state index is 13.0. The number of aryl methyl sites for hydroxylation is 1. The van der Waals surface area contributed by atoms with Crippen LogP contribution in [0.15, 0.2) is 47.3 Å². The number of carbonyl (C=O) groups is 1. The Kier molecular flexibility index (Phi) is 5.42. The summed E-state index contributed by atoms with van der Waals surface area (Å²) in [5, 5.41) is 0. The first-order valence-electron chi connectivity index (χ1n) is 10.2. The van der Waals surface area contributed by atoms with Gasteiger partial charge in [0, 0.05) is 30.1 Å². The van der Waals surface area contributed by atoms with Gasteiger partial charge in [-0.15, -0.1) is 0 Å². The number of nitrogens with zero attached hydrogens (tertiary/aromatic N) is 2. The topological polar surface area (TPSA) is 66.1 Å². The molecule has 1 aromatic heterocycles. The third kappa shape index (κ3) is 3.79. The summed E-state index contributed by atoms with van der Waals surface area (Å²) >= 11 is 0. The first kappa shape index (κ1) is 18.7. The zero-order valence-corrected chi connectivity index (χ0v) is 16.4. The lowest BCUT2D eigenvalue weighted by Gasteiger charge is -2.29. The van der Waals surface area contributed by atoms with Crippen molar-refractivity contribution < 1.29 is 4.79 Å². The molecule has 0 saturated carbocycles. The molecule has 2 atom stereocenters. The van der Waals surface area contributed by atoms with Gasteiger partial charge >= 0.3 is 0 Å². The summed E-state index contributed by atoms with van der Waals surface area (Å²) in [4.78, 5) is 35.5. The highest BCUT2D eigenvalue weighted by Crippen LogP contribution is 2.33. The molecule has 2 aromatic rings. The van der Waals surface area contributed by atoms with Crippen LogP contribution in [0.5, 0.6) is 0 Å². The summed E-state index contributed by atoms with van der Waals surface area (Å²) in [6.45, 7) is 2.64. The zero-order valence-electron chi connectivity index (χ0n) is 16.4. The molecule has 2 unspecified atom stereocenters. The fourth-order valence-electron chi connectivity index (χ4n) is 4.37. The van der Waals surface area contributed by atoms with Crippen LogP contribution in [-0.4, -0.2) is 27.3 Å². The van der Waals surface area contributed by atoms with Gasteiger partial charge in [0.15, 0.2) is 0 Å². The number of hydrogen-bond donors (Lipinski definition) is 1. The van der Waals surface area contributed by atoms with Crippen molar-refractivity contribution in [3.8, 4) is 0 Å². The summed E-state index contributed by atoms with van der Waals surface area (Å²) in [5.74, 6) is 0.910. The SMILES string of the molecule is Cc1nc(C2CCCN2C(=O)C2CC=CCC2)[nH]c(=O)c1Cc1ccccc1. The Bertz CT molecular complexity index is 933. The van der Waals surface area contributed by atoms with Gasteiger partial charge in [-0.1, -0.05) is 42.5 Å². The lowest BCUT2D eigenvalue weighted by Crippen LogP contribution is -2.37. The fourth-order valence-corrected chi connectivity index (χ4v) is 4.37. The van der Waals surface area contributed by atoms with Gasteiger partial charge in [-0.3, -0.25) is 9.59 Å². The molecule has 0 radical (unpaired) electrons. The number of benzene rings is 1. The monoisotopic (exact) mass is 377 g/mol. The largest absolute Gasteiger partial charge is 0.332 e. The minimum Gasteiger partial charge on any atom is -0.332 e. The molecule has 4 rings (SSSR count). The number of amides is 1. The van der Waals surface area contributed by atoms with E-state index in [0.717, 1.165) is 49.9 Å². The van der Waals surface area contributed by atoms with Gasteiger partial charge in [-0.05, 0) is 44.6 Å². The normalized spacial score (nSPS) is 21.8. The zero-order chi connectivity index (χ0) is 19.5. The van der Waals surface area contributed by atoms with E-state index in [1.807, 2.05) is 42.2 Å². The van der Waals surface area contributed by atoms with E-state index < -0.39 is 0 Å². The Morgan fingerprint density at radius 1 is 1.21 bits per heavy atom. The summed E-state index contributed by atoms with van der Waals surface area (Å²) in [6.07, 6.45) is 9.34. The van der Waals surface area contributed by atoms with Crippen molar-refractivity contribution in [2.75, 3.05) is 6.54 Å². The van der Waals surface area contributed by atoms with Crippen molar-refractivity contribution in [1.82, 2.24) is 14.9 Å². The van der Waals surface area contributed by atoms with Gasteiger partial charge in [0.1, 0.15) is 5.82 Å². The van der Waals surface area contributed by atoms with Gasteiger partial charge in [0.05, 0.1) is 6.04 Å². The second-order valence-corrected chi connectivity index (χ2v) is 7.85. The van der Waals surface area contributed by atoms with Crippen molar-refractivity contribution in [2.24, 2.45) is 5.92 Å². The molecule has 2 heterocycles. The summed E-state index contributed by atoms with van der Waals surface area (Å²) in [7, 11) is 0. The van der Waals surface area contributed by atoms with Crippen molar-refractivity contribution in [3.63, 3.8) is 0 Å². The van der Waals surface area contributed by atoms with Crippen LogP contribution in [0.1, 0.15) is 60.8 Å². The van der Waals surface area contributed by atoms with Crippen LogP contribution in [0.2, 0.25) is 0 Å². The Morgan fingerprint density at radius 3 is 2.75 bits per heavy atom. The van der Waals surface area contributed by atoms with E-state index in [1.165, 1.54) is 0 Å². The van der Waals surface area contributed by atoms with E-state index in [4.69, 9.17) is 4.98 Å². The molecule has 1 aliphatic heterocycles. The van der Waals surface area contributed by atoms with Gasteiger partial charge in [-0.2, -0.15) is 0 Å². The quantitative estimate of drug-likeness (QED) is 0.827. The Labute approximate surface area is 165 Å². The molecular weight excluding hydrogens is 350 g/mol. The lowest BCUT2D eigenvalue weighted by molar-refractivity contribution is -0.136. The fraction of sp³-hybridized carbons (Fsp3) is 0.435. The van der Waals surface area contributed by atoms with Crippen LogP contribution in [0.3, 0.4) is 0 Å². The number of aromatic nitrogens is 2. The molecule has 1 aromatic carbocycles. The average molecular weight is 377 g/mol. The summed E-state index contributed by atoms with van der Waals surface area (Å²) in [6, 6.07) is 9.84. The summed E-state index contributed by atoms with van der Waals surface area (Å²) < 4.78 is 0. The molecule has 146 valence electrons. The number of likely N-dealkylation sites (tertiary alicyclic amines) is 1. The highest BCUT2D eigenvalue weighted by atomic mass is 16.2. The van der Waals surface area contributed by atoms with Crippen LogP contribution >= 0.6 is 0 Å². The third-order valence-corrected chi connectivity index (χ3v) is 5.93. The van der Waals surface area contributed by atoms with Crippen LogP contribution in [0.4, 0.5) is 0 Å². The number of carbonyl (C=O) groups excluding carboxylic acids is 1. The van der Waals surface area contributed by atoms with Crippen molar-refractivity contribution in [3.05, 3.63) is 75.5 Å². The first-order valence-corrected chi connectivity index (χ1v) is 10.2. The number of hydrogen-bond acceptors (Lipinski definition) is 3. The molecule has 1 saturated heterocycles. The van der Waals surface area contributed by atoms with Crippen molar-refractivity contribution >= 4 is 5.91 Å². The van der Waals surface area contributed by atoms with E-state index >= 15 is 0 Å². The minimum atomic E-state index is -0.115. The maximum Gasteiger partial charge on any atom is 0.254 e. The Hall–Kier alpha value is -2.69. The molecule has 5 heteroatoms. The first-order chi connectivity index (χ1) is 13.6. The molecule has 1 N–H and O–H groups in total. The predicted octanol–water partition coefficient (Wildman–Crippen LogP) is 3.69. The number of aromatic amines is 1. The smallest absolute Gasteiger partial charge is 0.254 e. The van der Waals surface area contributed by atoms with E-state index in [9.17, 15) is 9.59 Å². The molecule has 1 aliphatic carbocycles. The van der Waals surface area contributed by atoms with Crippen LogP contribution in [0.25, 0.3) is 0 Å². The standard InChI is InChI=1S/C23H27N3O2/c1-16-19(15-17-9-4-2-5-10-17)22(27)25-21(24-16)20-13-8-14-26(20)23(28)18-11-6-3-7-12-18/h2-6,9-10,18,20H,7-8,11-15H2,1H3,(H,24,25,27). The van der Waals surface area contributed by atoms with Crippen LogP contribution in [-0.2, 0) is 11.2 Å². The maximum absolute atomic E-state index is 13.0. The molecule has 0 bridgehead atoms. The van der Waals surface area contributed by atoms with E-state index in [0.29, 0.717) is 17.8 Å². The highest BCUT2D eigenvalue weighted by molar-refractivity contribution is 5.80. The van der Waals surface area contributed by atoms with Crippen molar-refractivity contribution in [1.29, 1.82) is 0 Å². The van der Waals surface area contributed by atoms with Gasteiger partial charge < -0.3 is 9.88 Å². The van der Waals surface area contributed by atoms with Gasteiger partial charge in [0.25, 0.3) is 5.56 Å². The second-order valence-electron chi connectivity index (χ2n) is 7.85. The number of allylic oxidation sites excluding steroid dienone is 2. The minimum absolute atomic E-state index is 0.0655. The Balaban J connectivity index is 1.57. The van der Waals surface area contributed by atoms with E-state index in [1.54, 1.807) is 0 Å². The predicted molar refractivity (Wildman–Crippen MR) is 109 cm³/mol. The lowest BCUT2D eigenvalue weighted by atomic mass is 9.93. The summed E-state index contributed by atoms with van der Waals surface area (Å²) in [5.41, 5.74) is 2.45. The number of H-pyrrole nitrogens is 1. The van der Waals surface area contributed by atoms with Gasteiger partial charge in [-0.25, -0.2) is 4.98 Å². The second kappa shape index (κ2) is 8.13. The molecule has 0 spiro atoms. The van der Waals surface area contributed by atoms with E-state index in [-0.39, 0.29) is 23.4 Å². The van der Waals surface area contributed by atoms with Crippen LogP contribution in [0, 0.1) is 12.8 Å². The number of nitrogens with one attached hydrogen (secondary N) is 1. The molecular formula is C23H27N3O2. The van der Waals surface area contributed by atoms with Crippen LogP contribution < -0.4 is 5.56 Å². The molecule has 1 fully saturated rings. The molecule has 2 aliphatic rings. The molecule has 28 heavy (non-hydrogen) atoms. The Morgan fingerprint density at radius 2 is 2.04 bits per heavy atom. The average Bonchev–Trinajstić information content (AvgIpc) is 3.21. The van der Waals surface area contributed by atoms with E-state index in [2.05, 4.69) is 17.1 Å². The van der Waals surface area contributed by atoms with Crippen molar-refractivity contribution in [2.45, 2.75) is 51.5 Å². The third-order valence-electron chi connectivity index (χ3n) is 5.93. The molecule has 1 amide bonds. The molecule has 5 nitrogen and oxygen atoms in total. The van der Waals surface area contributed by atoms with Gasteiger partial charge in [0.2, 0.25) is 5.91 Å². The number of rotatable bonds is 4.